The number of amides is 1. The molecule has 3 aromatic rings. The van der Waals surface area contributed by atoms with E-state index < -0.39 is 15.7 Å². The molecule has 0 saturated heterocycles. The van der Waals surface area contributed by atoms with Gasteiger partial charge in [-0.15, -0.1) is 0 Å². The fraction of sp³-hybridized carbons (Fsp3) is 0.391. The summed E-state index contributed by atoms with van der Waals surface area (Å²) in [5.74, 6) is 0.718. The first kappa shape index (κ1) is 26.2. The van der Waals surface area contributed by atoms with Crippen molar-refractivity contribution in [3.05, 3.63) is 46.2 Å². The predicted molar refractivity (Wildman–Crippen MR) is 133 cm³/mol. The second-order valence-electron chi connectivity index (χ2n) is 7.26. The number of halogens is 1. The number of hydrogen-bond acceptors (Lipinski definition) is 7. The summed E-state index contributed by atoms with van der Waals surface area (Å²) in [5, 5.41) is 0.460. The molecule has 1 amide bonds. The van der Waals surface area contributed by atoms with E-state index in [2.05, 4.69) is 4.99 Å². The van der Waals surface area contributed by atoms with Crippen molar-refractivity contribution in [1.29, 1.82) is 0 Å². The minimum atomic E-state index is -3.51. The van der Waals surface area contributed by atoms with Crippen molar-refractivity contribution < 1.29 is 27.4 Å². The van der Waals surface area contributed by atoms with Crippen molar-refractivity contribution in [2.75, 3.05) is 33.2 Å². The number of methoxy groups -OCH3 is 2. The van der Waals surface area contributed by atoms with Crippen molar-refractivity contribution in [1.82, 2.24) is 4.57 Å². The van der Waals surface area contributed by atoms with Crippen LogP contribution in [-0.2, 0) is 25.9 Å². The lowest BCUT2D eigenvalue weighted by molar-refractivity contribution is -0.118. The van der Waals surface area contributed by atoms with Gasteiger partial charge in [0.05, 0.1) is 31.5 Å². The van der Waals surface area contributed by atoms with Crippen LogP contribution in [0.25, 0.3) is 10.2 Å². The lowest BCUT2D eigenvalue weighted by Gasteiger charge is -2.10. The van der Waals surface area contributed by atoms with E-state index in [-0.39, 0.29) is 23.5 Å². The van der Waals surface area contributed by atoms with Gasteiger partial charge in [0, 0.05) is 24.6 Å². The zero-order chi connectivity index (χ0) is 24.7. The van der Waals surface area contributed by atoms with Crippen LogP contribution < -0.4 is 14.3 Å². The number of aromatic nitrogens is 1. The average Bonchev–Trinajstić information content (AvgIpc) is 3.16. The van der Waals surface area contributed by atoms with Gasteiger partial charge in [-0.05, 0) is 49.7 Å². The molecule has 0 bridgehead atoms. The van der Waals surface area contributed by atoms with Crippen LogP contribution >= 0.6 is 22.9 Å². The molecule has 0 N–H and O–H groups in total. The van der Waals surface area contributed by atoms with Gasteiger partial charge >= 0.3 is 0 Å². The lowest BCUT2D eigenvalue weighted by Crippen LogP contribution is -2.20. The highest BCUT2D eigenvalue weighted by Crippen LogP contribution is 2.35. The molecule has 34 heavy (non-hydrogen) atoms. The zero-order valence-corrected chi connectivity index (χ0v) is 21.6. The third-order valence-electron chi connectivity index (χ3n) is 5.05. The highest BCUT2D eigenvalue weighted by molar-refractivity contribution is 7.91. The highest BCUT2D eigenvalue weighted by Gasteiger charge is 2.18. The van der Waals surface area contributed by atoms with Gasteiger partial charge < -0.3 is 18.8 Å². The first-order valence-electron chi connectivity index (χ1n) is 10.7. The molecule has 0 radical (unpaired) electrons. The minimum Gasteiger partial charge on any atom is -0.495 e. The molecule has 11 heteroatoms. The monoisotopic (exact) mass is 526 g/mol. The molecule has 0 aliphatic rings. The van der Waals surface area contributed by atoms with E-state index in [1.165, 1.54) is 35.6 Å². The number of sulfone groups is 1. The zero-order valence-electron chi connectivity index (χ0n) is 19.2. The van der Waals surface area contributed by atoms with Crippen LogP contribution in [-0.4, -0.2) is 52.1 Å². The molecule has 0 fully saturated rings. The molecular weight excluding hydrogens is 500 g/mol. The molecule has 0 unspecified atom stereocenters. The molecule has 1 aromatic heterocycles. The Kier molecular flexibility index (Phi) is 9.12. The van der Waals surface area contributed by atoms with E-state index in [4.69, 9.17) is 25.8 Å². The summed E-state index contributed by atoms with van der Waals surface area (Å²) in [6.07, 6.45) is 0.157. The van der Waals surface area contributed by atoms with E-state index in [0.29, 0.717) is 41.1 Å². The largest absolute Gasteiger partial charge is 0.495 e. The Bertz CT molecular complexity index is 1310. The van der Waals surface area contributed by atoms with Crippen molar-refractivity contribution >= 4 is 48.9 Å². The number of rotatable bonds is 11. The number of carbonyl (C=O) groups is 1. The Hall–Kier alpha value is -2.40. The van der Waals surface area contributed by atoms with Gasteiger partial charge in [0.1, 0.15) is 21.7 Å². The summed E-state index contributed by atoms with van der Waals surface area (Å²) in [5.41, 5.74) is 0.767. The van der Waals surface area contributed by atoms with Gasteiger partial charge in [-0.2, -0.15) is 4.99 Å². The van der Waals surface area contributed by atoms with Gasteiger partial charge in [0.25, 0.3) is 0 Å². The van der Waals surface area contributed by atoms with E-state index in [1.54, 1.807) is 26.4 Å². The lowest BCUT2D eigenvalue weighted by atomic mass is 10.3. The van der Waals surface area contributed by atoms with Crippen LogP contribution in [0.3, 0.4) is 0 Å². The smallest absolute Gasteiger partial charge is 0.248 e. The SMILES string of the molecule is CCOCCn1c(=NC(=O)CCCS(=O)(=O)c2ccc(Cl)cc2)sc2c(OC)ccc(OC)c21. The van der Waals surface area contributed by atoms with E-state index in [0.717, 1.165) is 10.2 Å². The van der Waals surface area contributed by atoms with Crippen molar-refractivity contribution in [3.63, 3.8) is 0 Å². The maximum Gasteiger partial charge on any atom is 0.248 e. The molecular formula is C23H27ClN2O6S2. The van der Waals surface area contributed by atoms with Crippen LogP contribution in [0.1, 0.15) is 19.8 Å². The van der Waals surface area contributed by atoms with E-state index >= 15 is 0 Å². The second-order valence-corrected chi connectivity index (χ2v) is 10.8. The number of nitrogens with zero attached hydrogens (tertiary/aromatic N) is 2. The summed E-state index contributed by atoms with van der Waals surface area (Å²) in [6.45, 7) is 3.38. The molecule has 0 aliphatic carbocycles. The predicted octanol–water partition coefficient (Wildman–Crippen LogP) is 4.09. The Morgan fingerprint density at radius 2 is 1.76 bits per heavy atom. The summed E-state index contributed by atoms with van der Waals surface area (Å²) >= 11 is 7.14. The fourth-order valence-corrected chi connectivity index (χ4v) is 6.00. The Morgan fingerprint density at radius 3 is 2.41 bits per heavy atom. The fourth-order valence-electron chi connectivity index (χ4n) is 3.38. The van der Waals surface area contributed by atoms with Crippen molar-refractivity contribution in [3.8, 4) is 11.5 Å². The standard InChI is InChI=1S/C23H27ClN2O6S2/c1-4-32-14-13-26-21-18(30-2)11-12-19(31-3)22(21)33-23(26)25-20(27)6-5-15-34(28,29)17-9-7-16(24)8-10-17/h7-12H,4-6,13-15H2,1-3H3. The highest BCUT2D eigenvalue weighted by atomic mass is 35.5. The number of thiazole rings is 1. The topological polar surface area (TPSA) is 96.2 Å². The van der Waals surface area contributed by atoms with Crippen molar-refractivity contribution in [2.24, 2.45) is 4.99 Å². The summed E-state index contributed by atoms with van der Waals surface area (Å²) in [6, 6.07) is 9.59. The molecule has 3 rings (SSSR count). The third kappa shape index (κ3) is 6.18. The van der Waals surface area contributed by atoms with Crippen LogP contribution in [0.5, 0.6) is 11.5 Å². The van der Waals surface area contributed by atoms with E-state index in [1.807, 2.05) is 11.5 Å². The number of benzene rings is 2. The van der Waals surface area contributed by atoms with Gasteiger partial charge in [-0.3, -0.25) is 4.79 Å². The molecule has 0 saturated carbocycles. The van der Waals surface area contributed by atoms with Crippen LogP contribution in [0.4, 0.5) is 0 Å². The third-order valence-corrected chi connectivity index (χ3v) is 8.21. The van der Waals surface area contributed by atoms with Gasteiger partial charge in [0.2, 0.25) is 5.91 Å². The summed E-state index contributed by atoms with van der Waals surface area (Å²) in [4.78, 5) is 17.6. The van der Waals surface area contributed by atoms with Crippen LogP contribution in [0, 0.1) is 0 Å². The normalized spacial score (nSPS) is 12.3. The molecule has 8 nitrogen and oxygen atoms in total. The number of ether oxygens (including phenoxy) is 3. The molecule has 0 atom stereocenters. The molecule has 2 aromatic carbocycles. The van der Waals surface area contributed by atoms with Crippen LogP contribution in [0.2, 0.25) is 5.02 Å². The first-order valence-corrected chi connectivity index (χ1v) is 13.5. The summed E-state index contributed by atoms with van der Waals surface area (Å²) < 4.78 is 44.2. The molecule has 184 valence electrons. The Labute approximate surface area is 207 Å². The first-order chi connectivity index (χ1) is 16.3. The number of carbonyl (C=O) groups excluding carboxylic acids is 1. The van der Waals surface area contributed by atoms with Crippen LogP contribution in [0.15, 0.2) is 46.3 Å². The maximum absolute atomic E-state index is 12.7. The number of fused-ring (bicyclic) bond motifs is 1. The van der Waals surface area contributed by atoms with E-state index in [9.17, 15) is 13.2 Å². The van der Waals surface area contributed by atoms with Gasteiger partial charge in [-0.1, -0.05) is 22.9 Å². The Morgan fingerprint density at radius 1 is 1.09 bits per heavy atom. The average molecular weight is 527 g/mol. The molecule has 0 aliphatic heterocycles. The quantitative estimate of drug-likeness (QED) is 0.349. The molecule has 0 spiro atoms. The van der Waals surface area contributed by atoms with Gasteiger partial charge in [-0.25, -0.2) is 8.42 Å². The van der Waals surface area contributed by atoms with Gasteiger partial charge in [0.15, 0.2) is 14.6 Å². The second kappa shape index (κ2) is 11.8. The maximum atomic E-state index is 12.7. The minimum absolute atomic E-state index is 0.000789. The summed E-state index contributed by atoms with van der Waals surface area (Å²) in [7, 11) is -0.356. The number of hydrogen-bond donors (Lipinski definition) is 0. The van der Waals surface area contributed by atoms with Crippen molar-refractivity contribution in [2.45, 2.75) is 31.2 Å². The molecule has 1 heterocycles. The Balaban J connectivity index is 1.85.